The molecule has 0 fully saturated rings. The Hall–Kier alpha value is -7.42. The summed E-state index contributed by atoms with van der Waals surface area (Å²) in [4.78, 5) is 2.55. The number of fused-ring (bicyclic) bond motifs is 9. The van der Waals surface area contributed by atoms with Gasteiger partial charge < -0.3 is 9.47 Å². The first-order valence-electron chi connectivity index (χ1n) is 21.9. The largest absolute Gasteiger partial charge is 0.309 e. The summed E-state index contributed by atoms with van der Waals surface area (Å²) in [6.07, 6.45) is 0. The van der Waals surface area contributed by atoms with Crippen LogP contribution in [-0.2, 0) is 10.8 Å². The average molecular weight is 795 g/mol. The van der Waals surface area contributed by atoms with E-state index in [1.807, 2.05) is 0 Å². The summed E-state index contributed by atoms with van der Waals surface area (Å²) in [7, 11) is 0. The summed E-state index contributed by atoms with van der Waals surface area (Å²) < 4.78 is 2.45. The van der Waals surface area contributed by atoms with Gasteiger partial charge in [-0.15, -0.1) is 0 Å². The Labute approximate surface area is 364 Å². The van der Waals surface area contributed by atoms with E-state index in [0.717, 1.165) is 17.1 Å². The average Bonchev–Trinajstić information content (AvgIpc) is 3.87. The van der Waals surface area contributed by atoms with Crippen LogP contribution in [0.4, 0.5) is 17.1 Å². The van der Waals surface area contributed by atoms with Gasteiger partial charge in [-0.2, -0.15) is 0 Å². The van der Waals surface area contributed by atoms with Gasteiger partial charge in [0.15, 0.2) is 0 Å². The number of benzene rings is 9. The first kappa shape index (κ1) is 36.4. The molecule has 10 aromatic rings. The first-order chi connectivity index (χ1) is 30.3. The number of hydrogen-bond acceptors (Lipinski definition) is 1. The van der Waals surface area contributed by atoms with Crippen LogP contribution in [-0.4, -0.2) is 4.57 Å². The molecule has 0 amide bonds. The van der Waals surface area contributed by atoms with Gasteiger partial charge in [-0.05, 0) is 92.5 Å². The predicted octanol–water partition coefficient (Wildman–Crippen LogP) is 16.2. The van der Waals surface area contributed by atoms with Gasteiger partial charge >= 0.3 is 0 Å². The molecule has 0 spiro atoms. The van der Waals surface area contributed by atoms with Crippen molar-refractivity contribution in [2.75, 3.05) is 4.90 Å². The van der Waals surface area contributed by atoms with Crippen molar-refractivity contribution in [3.63, 3.8) is 0 Å². The fourth-order valence-corrected chi connectivity index (χ4v) is 11.1. The van der Waals surface area contributed by atoms with E-state index in [4.69, 9.17) is 0 Å². The molecule has 2 heteroatoms. The van der Waals surface area contributed by atoms with Crippen molar-refractivity contribution in [2.45, 2.75) is 38.5 Å². The molecule has 0 saturated heterocycles. The van der Waals surface area contributed by atoms with Gasteiger partial charge in [0, 0.05) is 49.7 Å². The van der Waals surface area contributed by atoms with Crippen LogP contribution in [0.25, 0.3) is 72.0 Å². The highest BCUT2D eigenvalue weighted by atomic mass is 15.1. The monoisotopic (exact) mass is 794 g/mol. The standard InChI is InChI=1S/C60H46N2/c1-59(2)49-31-12-8-26-47(49)56-42(28-18-33-51(56)59)39-20-16-23-41(38-39)61(55-37-19-34-52-57(55)48-27-9-13-32-50(48)60(52,3)4)53-35-14-10-24-43(53)45-29-17-30-46-44-25-11-15-36-54(44)62(58(45)46)40-21-6-5-7-22-40/h5-38H,1-4H3. The lowest BCUT2D eigenvalue weighted by Crippen LogP contribution is -2.16. The lowest BCUT2D eigenvalue weighted by atomic mass is 9.82. The Morgan fingerprint density at radius 3 is 1.66 bits per heavy atom. The molecule has 0 bridgehead atoms. The van der Waals surface area contributed by atoms with E-state index >= 15 is 0 Å². The summed E-state index contributed by atoms with van der Waals surface area (Å²) in [5.74, 6) is 0. The van der Waals surface area contributed by atoms with E-state index in [2.05, 4.69) is 243 Å². The van der Waals surface area contributed by atoms with Gasteiger partial charge in [0.05, 0.1) is 22.4 Å². The number of hydrogen-bond donors (Lipinski definition) is 0. The molecule has 1 aromatic heterocycles. The maximum Gasteiger partial charge on any atom is 0.0620 e. The minimum absolute atomic E-state index is 0.0848. The Balaban J connectivity index is 1.15. The smallest absolute Gasteiger partial charge is 0.0620 e. The van der Waals surface area contributed by atoms with E-state index in [1.165, 1.54) is 94.3 Å². The van der Waals surface area contributed by atoms with Crippen LogP contribution < -0.4 is 4.90 Å². The molecule has 296 valence electrons. The highest BCUT2D eigenvalue weighted by Crippen LogP contribution is 2.56. The molecule has 62 heavy (non-hydrogen) atoms. The van der Waals surface area contributed by atoms with Crippen LogP contribution >= 0.6 is 0 Å². The molecular weight excluding hydrogens is 749 g/mol. The minimum Gasteiger partial charge on any atom is -0.309 e. The fourth-order valence-electron chi connectivity index (χ4n) is 11.1. The van der Waals surface area contributed by atoms with Crippen molar-refractivity contribution in [3.8, 4) is 50.2 Å². The molecule has 9 aromatic carbocycles. The summed E-state index contributed by atoms with van der Waals surface area (Å²) in [6.45, 7) is 9.48. The number of nitrogens with zero attached hydrogens (tertiary/aromatic N) is 2. The van der Waals surface area contributed by atoms with E-state index in [-0.39, 0.29) is 10.8 Å². The molecule has 2 aliphatic carbocycles. The van der Waals surface area contributed by atoms with E-state index < -0.39 is 0 Å². The maximum absolute atomic E-state index is 2.55. The highest BCUT2D eigenvalue weighted by Gasteiger charge is 2.39. The van der Waals surface area contributed by atoms with Crippen molar-refractivity contribution < 1.29 is 0 Å². The second kappa shape index (κ2) is 13.5. The van der Waals surface area contributed by atoms with Crippen LogP contribution in [0, 0.1) is 0 Å². The third-order valence-electron chi connectivity index (χ3n) is 14.0. The predicted molar refractivity (Wildman–Crippen MR) is 261 cm³/mol. The van der Waals surface area contributed by atoms with E-state index in [9.17, 15) is 0 Å². The lowest BCUT2D eigenvalue weighted by Gasteiger charge is -2.31. The van der Waals surface area contributed by atoms with Crippen LogP contribution in [0.1, 0.15) is 49.9 Å². The number of anilines is 3. The Bertz CT molecular complexity index is 3420. The number of para-hydroxylation sites is 4. The molecule has 0 N–H and O–H groups in total. The summed E-state index contributed by atoms with van der Waals surface area (Å²) in [5.41, 5.74) is 22.3. The lowest BCUT2D eigenvalue weighted by molar-refractivity contribution is 0.660. The van der Waals surface area contributed by atoms with Crippen LogP contribution in [0.3, 0.4) is 0 Å². The molecule has 2 nitrogen and oxygen atoms in total. The normalized spacial score (nSPS) is 14.1. The van der Waals surface area contributed by atoms with Gasteiger partial charge in [-0.1, -0.05) is 191 Å². The van der Waals surface area contributed by atoms with Crippen molar-refractivity contribution in [1.82, 2.24) is 4.57 Å². The van der Waals surface area contributed by atoms with Gasteiger partial charge in [0.25, 0.3) is 0 Å². The Morgan fingerprint density at radius 1 is 0.371 bits per heavy atom. The Morgan fingerprint density at radius 2 is 0.887 bits per heavy atom. The van der Waals surface area contributed by atoms with Crippen LogP contribution in [0.15, 0.2) is 206 Å². The van der Waals surface area contributed by atoms with Crippen molar-refractivity contribution in [1.29, 1.82) is 0 Å². The number of aromatic nitrogens is 1. The summed E-state index contributed by atoms with van der Waals surface area (Å²) in [6, 6.07) is 76.6. The van der Waals surface area contributed by atoms with Crippen molar-refractivity contribution in [2.24, 2.45) is 0 Å². The molecule has 1 heterocycles. The zero-order chi connectivity index (χ0) is 41.7. The second-order valence-corrected chi connectivity index (χ2v) is 18.1. The molecule has 0 saturated carbocycles. The van der Waals surface area contributed by atoms with Crippen LogP contribution in [0.2, 0.25) is 0 Å². The molecule has 0 radical (unpaired) electrons. The van der Waals surface area contributed by atoms with Crippen molar-refractivity contribution in [3.05, 3.63) is 229 Å². The minimum atomic E-state index is -0.151. The second-order valence-electron chi connectivity index (χ2n) is 18.1. The SMILES string of the molecule is CC1(C)c2ccccc2-c2c(-c3cccc(N(c4ccccc4-c4cccc5c6ccccc6n(-c6ccccc6)c45)c4cccc5c4-c4ccccc4C5(C)C)c3)cccc21. The van der Waals surface area contributed by atoms with Gasteiger partial charge in [0.2, 0.25) is 0 Å². The fraction of sp³-hybridized carbons (Fsp3) is 0.100. The topological polar surface area (TPSA) is 8.17 Å². The zero-order valence-corrected chi connectivity index (χ0v) is 35.5. The van der Waals surface area contributed by atoms with Crippen molar-refractivity contribution >= 4 is 38.9 Å². The molecule has 2 aliphatic rings. The maximum atomic E-state index is 2.55. The highest BCUT2D eigenvalue weighted by molar-refractivity contribution is 6.15. The third kappa shape index (κ3) is 5.16. The zero-order valence-electron chi connectivity index (χ0n) is 35.5. The Kier molecular flexibility index (Phi) is 7.96. The molecule has 0 atom stereocenters. The van der Waals surface area contributed by atoms with Gasteiger partial charge in [-0.25, -0.2) is 0 Å². The van der Waals surface area contributed by atoms with E-state index in [1.54, 1.807) is 0 Å². The van der Waals surface area contributed by atoms with Crippen LogP contribution in [0.5, 0.6) is 0 Å². The summed E-state index contributed by atoms with van der Waals surface area (Å²) in [5, 5.41) is 2.48. The van der Waals surface area contributed by atoms with E-state index in [0.29, 0.717) is 0 Å². The van der Waals surface area contributed by atoms with Gasteiger partial charge in [-0.3, -0.25) is 0 Å². The molecule has 12 rings (SSSR count). The first-order valence-corrected chi connectivity index (χ1v) is 21.9. The molecule has 0 aliphatic heterocycles. The quantitative estimate of drug-likeness (QED) is 0.163. The summed E-state index contributed by atoms with van der Waals surface area (Å²) >= 11 is 0. The molecule has 0 unspecified atom stereocenters. The third-order valence-corrected chi connectivity index (χ3v) is 14.0. The molecular formula is C60H46N2. The number of rotatable bonds is 6. The van der Waals surface area contributed by atoms with Gasteiger partial charge in [0.1, 0.15) is 0 Å².